The van der Waals surface area contributed by atoms with Crippen molar-refractivity contribution < 1.29 is 32.6 Å². The molecule has 17 heavy (non-hydrogen) atoms. The van der Waals surface area contributed by atoms with Gasteiger partial charge in [0.05, 0.1) is 6.61 Å². The van der Waals surface area contributed by atoms with E-state index in [4.69, 9.17) is 5.11 Å². The molecule has 1 amide bonds. The summed E-state index contributed by atoms with van der Waals surface area (Å²) in [7, 11) is 0. The molecule has 8 heteroatoms. The molecule has 0 aliphatic rings. The van der Waals surface area contributed by atoms with Crippen molar-refractivity contribution in [1.29, 1.82) is 0 Å². The van der Waals surface area contributed by atoms with Gasteiger partial charge >= 0.3 is 18.4 Å². The molecule has 5 nitrogen and oxygen atoms in total. The molecule has 0 atom stereocenters. The molecule has 2 N–H and O–H groups in total. The summed E-state index contributed by atoms with van der Waals surface area (Å²) in [6.07, 6.45) is -4.09. The predicted octanol–water partition coefficient (Wildman–Crippen LogP) is 2.27. The number of aliphatic carboxylic acids is 1. The maximum atomic E-state index is 11.6. The van der Waals surface area contributed by atoms with E-state index in [1.165, 1.54) is 0 Å². The lowest BCUT2D eigenvalue weighted by Gasteiger charge is -2.08. The van der Waals surface area contributed by atoms with Crippen LogP contribution in [0.3, 0.4) is 0 Å². The van der Waals surface area contributed by atoms with Gasteiger partial charge in [-0.25, -0.2) is 10.1 Å². The highest BCUT2D eigenvalue weighted by molar-refractivity contribution is 5.67. The zero-order valence-electron chi connectivity index (χ0n) is 9.05. The molecule has 0 unspecified atom stereocenters. The molecular formula is C9H14F3NO4. The van der Waals surface area contributed by atoms with Crippen molar-refractivity contribution in [1.82, 2.24) is 5.32 Å². The molecule has 0 aromatic heterocycles. The molecule has 0 saturated heterocycles. The van der Waals surface area contributed by atoms with Crippen LogP contribution in [0.5, 0.6) is 0 Å². The van der Waals surface area contributed by atoms with Crippen molar-refractivity contribution in [2.24, 2.45) is 0 Å². The van der Waals surface area contributed by atoms with Crippen molar-refractivity contribution in [3.63, 3.8) is 0 Å². The van der Waals surface area contributed by atoms with Crippen molar-refractivity contribution in [2.45, 2.75) is 38.4 Å². The van der Waals surface area contributed by atoms with Gasteiger partial charge in [-0.3, -0.25) is 4.79 Å². The van der Waals surface area contributed by atoms with Crippen LogP contribution < -0.4 is 5.32 Å². The SMILES string of the molecule is O=C(O)CCCCCCOC(=O)NC(F)(F)F. The van der Waals surface area contributed by atoms with Gasteiger partial charge in [-0.1, -0.05) is 12.8 Å². The van der Waals surface area contributed by atoms with Gasteiger partial charge in [0, 0.05) is 6.42 Å². The van der Waals surface area contributed by atoms with E-state index in [9.17, 15) is 22.8 Å². The minimum Gasteiger partial charge on any atom is -0.481 e. The largest absolute Gasteiger partial charge is 0.487 e. The Morgan fingerprint density at radius 3 is 2.24 bits per heavy atom. The van der Waals surface area contributed by atoms with Gasteiger partial charge in [0.25, 0.3) is 0 Å². The number of halogens is 3. The summed E-state index contributed by atoms with van der Waals surface area (Å²) < 4.78 is 39.0. The number of carboxylic acid groups (broad SMARTS) is 1. The number of hydrogen-bond acceptors (Lipinski definition) is 3. The number of ether oxygens (including phenoxy) is 1. The number of unbranched alkanes of at least 4 members (excludes halogenated alkanes) is 3. The molecule has 0 spiro atoms. The number of alkyl carbamates (subject to hydrolysis) is 1. The first-order valence-electron chi connectivity index (χ1n) is 5.05. The average Bonchev–Trinajstić information content (AvgIpc) is 2.12. The van der Waals surface area contributed by atoms with Crippen LogP contribution in [0.1, 0.15) is 32.1 Å². The smallest absolute Gasteiger partial charge is 0.481 e. The van der Waals surface area contributed by atoms with Gasteiger partial charge < -0.3 is 9.84 Å². The summed E-state index contributed by atoms with van der Waals surface area (Å²) in [5.74, 6) is -0.884. The fourth-order valence-electron chi connectivity index (χ4n) is 1.05. The minimum absolute atomic E-state index is 0.0649. The number of amides is 1. The van der Waals surface area contributed by atoms with E-state index in [2.05, 4.69) is 4.74 Å². The highest BCUT2D eigenvalue weighted by Gasteiger charge is 2.30. The highest BCUT2D eigenvalue weighted by atomic mass is 19.4. The van der Waals surface area contributed by atoms with Crippen LogP contribution >= 0.6 is 0 Å². The molecule has 0 saturated carbocycles. The average molecular weight is 257 g/mol. The van der Waals surface area contributed by atoms with E-state index >= 15 is 0 Å². The predicted molar refractivity (Wildman–Crippen MR) is 51.3 cm³/mol. The van der Waals surface area contributed by atoms with E-state index < -0.39 is 18.4 Å². The molecule has 0 aliphatic heterocycles. The zero-order chi connectivity index (χ0) is 13.3. The molecule has 0 rings (SSSR count). The standard InChI is InChI=1S/C9H14F3NO4/c10-9(11,12)13-8(16)17-6-4-2-1-3-5-7(14)15/h1-6H2,(H,13,16)(H,14,15). The zero-order valence-corrected chi connectivity index (χ0v) is 9.05. The molecule has 0 heterocycles. The van der Waals surface area contributed by atoms with E-state index in [1.807, 2.05) is 0 Å². The van der Waals surface area contributed by atoms with E-state index in [1.54, 1.807) is 0 Å². The Kier molecular flexibility index (Phi) is 7.08. The van der Waals surface area contributed by atoms with Crippen molar-refractivity contribution in [2.75, 3.05) is 6.61 Å². The number of carbonyl (C=O) groups is 2. The molecule has 0 bridgehead atoms. The second kappa shape index (κ2) is 7.75. The lowest BCUT2D eigenvalue weighted by atomic mass is 10.1. The molecule has 0 aliphatic carbocycles. The Morgan fingerprint density at radius 2 is 1.71 bits per heavy atom. The van der Waals surface area contributed by atoms with Crippen LogP contribution in [-0.4, -0.2) is 30.1 Å². The van der Waals surface area contributed by atoms with Crippen molar-refractivity contribution in [3.05, 3.63) is 0 Å². The van der Waals surface area contributed by atoms with Crippen LogP contribution in [0.4, 0.5) is 18.0 Å². The van der Waals surface area contributed by atoms with Gasteiger partial charge in [0.15, 0.2) is 0 Å². The maximum absolute atomic E-state index is 11.6. The number of nitrogens with one attached hydrogen (secondary N) is 1. The third-order valence-corrected chi connectivity index (χ3v) is 1.76. The summed E-state index contributed by atoms with van der Waals surface area (Å²) in [5, 5.41) is 9.01. The minimum atomic E-state index is -4.78. The lowest BCUT2D eigenvalue weighted by molar-refractivity contribution is -0.150. The molecular weight excluding hydrogens is 243 g/mol. The summed E-state index contributed by atoms with van der Waals surface area (Å²) in [6, 6.07) is 0. The van der Waals surface area contributed by atoms with Gasteiger partial charge in [-0.15, -0.1) is 0 Å². The van der Waals surface area contributed by atoms with Crippen LogP contribution in [-0.2, 0) is 9.53 Å². The van der Waals surface area contributed by atoms with Crippen LogP contribution in [0.25, 0.3) is 0 Å². The topological polar surface area (TPSA) is 75.6 Å². The van der Waals surface area contributed by atoms with Gasteiger partial charge in [-0.2, -0.15) is 13.2 Å². The number of rotatable bonds is 7. The van der Waals surface area contributed by atoms with Gasteiger partial charge in [0.1, 0.15) is 0 Å². The number of hydrogen-bond donors (Lipinski definition) is 2. The van der Waals surface area contributed by atoms with Crippen molar-refractivity contribution in [3.8, 4) is 0 Å². The number of alkyl halides is 3. The number of carbonyl (C=O) groups excluding carboxylic acids is 1. The second-order valence-electron chi connectivity index (χ2n) is 3.32. The Morgan fingerprint density at radius 1 is 1.12 bits per heavy atom. The number of carboxylic acids is 1. The Labute approximate surface area is 95.9 Å². The van der Waals surface area contributed by atoms with Crippen LogP contribution in [0.2, 0.25) is 0 Å². The molecule has 0 aromatic rings. The van der Waals surface area contributed by atoms with Gasteiger partial charge in [-0.05, 0) is 12.8 Å². The first-order valence-corrected chi connectivity index (χ1v) is 5.05. The molecule has 100 valence electrons. The Hall–Kier alpha value is -1.47. The first-order chi connectivity index (χ1) is 7.81. The van der Waals surface area contributed by atoms with E-state index in [-0.39, 0.29) is 13.0 Å². The normalized spacial score (nSPS) is 11.0. The van der Waals surface area contributed by atoms with Gasteiger partial charge in [0.2, 0.25) is 0 Å². The summed E-state index contributed by atoms with van der Waals surface area (Å²) >= 11 is 0. The summed E-state index contributed by atoms with van der Waals surface area (Å²) in [6.45, 7) is -0.116. The fraction of sp³-hybridized carbons (Fsp3) is 0.778. The third-order valence-electron chi connectivity index (χ3n) is 1.76. The maximum Gasteiger partial charge on any atom is 0.487 e. The summed E-state index contributed by atoms with van der Waals surface area (Å²) in [4.78, 5) is 20.6. The summed E-state index contributed by atoms with van der Waals surface area (Å²) in [5.41, 5.74) is 0. The second-order valence-corrected chi connectivity index (χ2v) is 3.32. The van der Waals surface area contributed by atoms with Crippen LogP contribution in [0, 0.1) is 0 Å². The Balaban J connectivity index is 3.34. The molecule has 0 fully saturated rings. The van der Waals surface area contributed by atoms with E-state index in [0.717, 1.165) is 0 Å². The highest BCUT2D eigenvalue weighted by Crippen LogP contribution is 2.09. The molecule has 0 aromatic carbocycles. The fourth-order valence-corrected chi connectivity index (χ4v) is 1.05. The van der Waals surface area contributed by atoms with E-state index in [0.29, 0.717) is 31.0 Å². The monoisotopic (exact) mass is 257 g/mol. The Bertz CT molecular complexity index is 255. The first kappa shape index (κ1) is 15.5. The van der Waals surface area contributed by atoms with Crippen molar-refractivity contribution >= 4 is 12.1 Å². The molecule has 0 radical (unpaired) electrons. The lowest BCUT2D eigenvalue weighted by Crippen LogP contribution is -2.37. The van der Waals surface area contributed by atoms with Crippen LogP contribution in [0.15, 0.2) is 0 Å². The third kappa shape index (κ3) is 12.5. The quantitative estimate of drug-likeness (QED) is 0.542.